The molecule has 112 valence electrons. The Morgan fingerprint density at radius 2 is 2.20 bits per heavy atom. The van der Waals surface area contributed by atoms with Crippen LogP contribution in [0.3, 0.4) is 0 Å². The van der Waals surface area contributed by atoms with Gasteiger partial charge in [-0.05, 0) is 44.5 Å². The van der Waals surface area contributed by atoms with Crippen molar-refractivity contribution in [1.82, 2.24) is 10.2 Å². The van der Waals surface area contributed by atoms with Crippen molar-refractivity contribution in [3.63, 3.8) is 0 Å². The SMILES string of the molecule is CCCN(CCOc1ccccc1Cl)CC1CCCN1. The van der Waals surface area contributed by atoms with Gasteiger partial charge in [0.25, 0.3) is 0 Å². The second-order valence-corrected chi connectivity index (χ2v) is 5.78. The second-order valence-electron chi connectivity index (χ2n) is 5.37. The van der Waals surface area contributed by atoms with E-state index in [-0.39, 0.29) is 0 Å². The second kappa shape index (κ2) is 8.50. The van der Waals surface area contributed by atoms with E-state index in [1.54, 1.807) is 0 Å². The lowest BCUT2D eigenvalue weighted by atomic mass is 10.2. The molecule has 20 heavy (non-hydrogen) atoms. The Kier molecular flexibility index (Phi) is 6.64. The maximum atomic E-state index is 6.09. The van der Waals surface area contributed by atoms with Crippen molar-refractivity contribution in [3.05, 3.63) is 29.3 Å². The van der Waals surface area contributed by atoms with Crippen LogP contribution in [0.5, 0.6) is 5.75 Å². The molecular formula is C16H25ClN2O. The molecule has 3 nitrogen and oxygen atoms in total. The number of rotatable bonds is 8. The summed E-state index contributed by atoms with van der Waals surface area (Å²) in [6.45, 7) is 7.29. The van der Waals surface area contributed by atoms with Crippen LogP contribution in [0.2, 0.25) is 5.02 Å². The quantitative estimate of drug-likeness (QED) is 0.797. The van der Waals surface area contributed by atoms with Crippen LogP contribution in [-0.4, -0.2) is 43.7 Å². The lowest BCUT2D eigenvalue weighted by Crippen LogP contribution is -2.39. The van der Waals surface area contributed by atoms with Crippen molar-refractivity contribution >= 4 is 11.6 Å². The third-order valence-electron chi connectivity index (χ3n) is 3.68. The molecule has 1 aromatic rings. The van der Waals surface area contributed by atoms with Crippen LogP contribution in [0.25, 0.3) is 0 Å². The van der Waals surface area contributed by atoms with Crippen molar-refractivity contribution in [1.29, 1.82) is 0 Å². The highest BCUT2D eigenvalue weighted by Gasteiger charge is 2.17. The normalized spacial score (nSPS) is 18.6. The van der Waals surface area contributed by atoms with Gasteiger partial charge in [0, 0.05) is 19.1 Å². The molecule has 1 heterocycles. The molecule has 0 amide bonds. The van der Waals surface area contributed by atoms with Crippen LogP contribution in [0, 0.1) is 0 Å². The maximum absolute atomic E-state index is 6.09. The molecule has 0 bridgehead atoms. The summed E-state index contributed by atoms with van der Waals surface area (Å²) in [7, 11) is 0. The molecule has 0 spiro atoms. The van der Waals surface area contributed by atoms with E-state index >= 15 is 0 Å². The van der Waals surface area contributed by atoms with Gasteiger partial charge in [-0.3, -0.25) is 4.90 Å². The van der Waals surface area contributed by atoms with Gasteiger partial charge in [0.2, 0.25) is 0 Å². The fourth-order valence-corrected chi connectivity index (χ4v) is 2.87. The monoisotopic (exact) mass is 296 g/mol. The van der Waals surface area contributed by atoms with Gasteiger partial charge in [-0.2, -0.15) is 0 Å². The predicted molar refractivity (Wildman–Crippen MR) is 84.7 cm³/mol. The molecule has 0 radical (unpaired) electrons. The molecular weight excluding hydrogens is 272 g/mol. The molecule has 0 aliphatic carbocycles. The van der Waals surface area contributed by atoms with Crippen molar-refractivity contribution in [3.8, 4) is 5.75 Å². The Morgan fingerprint density at radius 1 is 1.35 bits per heavy atom. The summed E-state index contributed by atoms with van der Waals surface area (Å²) in [4.78, 5) is 2.49. The average molecular weight is 297 g/mol. The molecule has 2 rings (SSSR count). The Bertz CT molecular complexity index is 394. The first-order valence-corrected chi connectivity index (χ1v) is 8.00. The number of ether oxygens (including phenoxy) is 1. The first kappa shape index (κ1) is 15.6. The van der Waals surface area contributed by atoms with E-state index in [1.165, 1.54) is 25.8 Å². The van der Waals surface area contributed by atoms with Crippen LogP contribution in [0.4, 0.5) is 0 Å². The minimum absolute atomic E-state index is 0.655. The minimum Gasteiger partial charge on any atom is -0.491 e. The minimum atomic E-state index is 0.655. The maximum Gasteiger partial charge on any atom is 0.137 e. The number of nitrogens with zero attached hydrogens (tertiary/aromatic N) is 1. The summed E-state index contributed by atoms with van der Waals surface area (Å²) in [6.07, 6.45) is 3.78. The zero-order valence-corrected chi connectivity index (χ0v) is 13.0. The van der Waals surface area contributed by atoms with E-state index in [0.717, 1.165) is 25.4 Å². The van der Waals surface area contributed by atoms with E-state index < -0.39 is 0 Å². The van der Waals surface area contributed by atoms with Gasteiger partial charge >= 0.3 is 0 Å². The number of hydrogen-bond acceptors (Lipinski definition) is 3. The van der Waals surface area contributed by atoms with Gasteiger partial charge in [0.1, 0.15) is 12.4 Å². The molecule has 1 aliphatic rings. The lowest BCUT2D eigenvalue weighted by Gasteiger charge is -2.25. The van der Waals surface area contributed by atoms with Gasteiger partial charge in [0.05, 0.1) is 5.02 Å². The number of nitrogens with one attached hydrogen (secondary N) is 1. The Labute approximate surface area is 127 Å². The fourth-order valence-electron chi connectivity index (χ4n) is 2.68. The summed E-state index contributed by atoms with van der Waals surface area (Å²) in [6, 6.07) is 8.31. The van der Waals surface area contributed by atoms with Crippen LogP contribution in [0.15, 0.2) is 24.3 Å². The van der Waals surface area contributed by atoms with Gasteiger partial charge in [-0.15, -0.1) is 0 Å². The fraction of sp³-hybridized carbons (Fsp3) is 0.625. The zero-order chi connectivity index (χ0) is 14.2. The van der Waals surface area contributed by atoms with E-state index in [4.69, 9.17) is 16.3 Å². The first-order valence-electron chi connectivity index (χ1n) is 7.62. The smallest absolute Gasteiger partial charge is 0.137 e. The molecule has 0 aromatic heterocycles. The third kappa shape index (κ3) is 4.97. The molecule has 1 aromatic carbocycles. The molecule has 1 aliphatic heterocycles. The van der Waals surface area contributed by atoms with Crippen molar-refractivity contribution in [2.45, 2.75) is 32.2 Å². The molecule has 0 saturated carbocycles. The number of hydrogen-bond donors (Lipinski definition) is 1. The van der Waals surface area contributed by atoms with E-state index in [1.807, 2.05) is 24.3 Å². The van der Waals surface area contributed by atoms with Gasteiger partial charge in [-0.1, -0.05) is 30.7 Å². The predicted octanol–water partition coefficient (Wildman–Crippen LogP) is 3.18. The molecule has 1 N–H and O–H groups in total. The molecule has 1 unspecified atom stereocenters. The van der Waals surface area contributed by atoms with Gasteiger partial charge in [-0.25, -0.2) is 0 Å². The third-order valence-corrected chi connectivity index (χ3v) is 3.99. The van der Waals surface area contributed by atoms with Gasteiger partial charge < -0.3 is 10.1 Å². The molecule has 1 saturated heterocycles. The van der Waals surface area contributed by atoms with Crippen LogP contribution < -0.4 is 10.1 Å². The number of halogens is 1. The van der Waals surface area contributed by atoms with Crippen molar-refractivity contribution in [2.24, 2.45) is 0 Å². The summed E-state index contributed by atoms with van der Waals surface area (Å²) >= 11 is 6.09. The number of para-hydroxylation sites is 1. The summed E-state index contributed by atoms with van der Waals surface area (Å²) < 4.78 is 5.78. The molecule has 1 atom stereocenters. The van der Waals surface area contributed by atoms with Crippen LogP contribution in [-0.2, 0) is 0 Å². The van der Waals surface area contributed by atoms with Crippen LogP contribution in [0.1, 0.15) is 26.2 Å². The highest BCUT2D eigenvalue weighted by molar-refractivity contribution is 6.32. The Hall–Kier alpha value is -0.770. The Morgan fingerprint density at radius 3 is 2.90 bits per heavy atom. The average Bonchev–Trinajstić information content (AvgIpc) is 2.94. The van der Waals surface area contributed by atoms with Gasteiger partial charge in [0.15, 0.2) is 0 Å². The topological polar surface area (TPSA) is 24.5 Å². The highest BCUT2D eigenvalue weighted by atomic mass is 35.5. The summed E-state index contributed by atoms with van der Waals surface area (Å²) in [5, 5.41) is 4.25. The molecule has 1 fully saturated rings. The lowest BCUT2D eigenvalue weighted by molar-refractivity contribution is 0.196. The highest BCUT2D eigenvalue weighted by Crippen LogP contribution is 2.22. The van der Waals surface area contributed by atoms with Crippen molar-refractivity contribution in [2.75, 3.05) is 32.8 Å². The van der Waals surface area contributed by atoms with E-state index in [2.05, 4.69) is 17.1 Å². The van der Waals surface area contributed by atoms with E-state index in [0.29, 0.717) is 17.7 Å². The van der Waals surface area contributed by atoms with E-state index in [9.17, 15) is 0 Å². The largest absolute Gasteiger partial charge is 0.491 e. The molecule has 4 heteroatoms. The summed E-state index contributed by atoms with van der Waals surface area (Å²) in [5.74, 6) is 0.782. The van der Waals surface area contributed by atoms with Crippen LogP contribution >= 0.6 is 11.6 Å². The standard InChI is InChI=1S/C16H25ClN2O/c1-2-10-19(13-14-6-5-9-18-14)11-12-20-16-8-4-3-7-15(16)17/h3-4,7-8,14,18H,2,5-6,9-13H2,1H3. The van der Waals surface area contributed by atoms with Crippen molar-refractivity contribution < 1.29 is 4.74 Å². The number of benzene rings is 1. The summed E-state index contributed by atoms with van der Waals surface area (Å²) in [5.41, 5.74) is 0. The Balaban J connectivity index is 1.75. The first-order chi connectivity index (χ1) is 9.79. The zero-order valence-electron chi connectivity index (χ0n) is 12.3.